The number of allylic oxidation sites excluding steroid dienone is 3. The molecule has 2 unspecified atom stereocenters. The Morgan fingerprint density at radius 2 is 1.00 bits per heavy atom. The van der Waals surface area contributed by atoms with Gasteiger partial charge in [0.1, 0.15) is 0 Å². The standard InChI is InChI=1S/C35H67NO3/c1-3-5-7-9-11-13-14-15-16-17-18-19-20-21-22-23-25-27-29-31-35(39)36-33(32-37)34(38)30-28-26-24-12-10-8-6-4-2/h10,12,28,30,33-34,37-38H,3-9,11,13-27,29,31-32H2,1-2H3,(H,36,39)/b12-10+,30-28+. The van der Waals surface area contributed by atoms with E-state index in [2.05, 4.69) is 31.3 Å². The Morgan fingerprint density at radius 1 is 0.590 bits per heavy atom. The van der Waals surface area contributed by atoms with Crippen LogP contribution in [0.4, 0.5) is 0 Å². The Kier molecular flexibility index (Phi) is 30.5. The van der Waals surface area contributed by atoms with Crippen LogP contribution in [0.1, 0.15) is 174 Å². The van der Waals surface area contributed by atoms with E-state index < -0.39 is 12.1 Å². The lowest BCUT2D eigenvalue weighted by Gasteiger charge is -2.19. The summed E-state index contributed by atoms with van der Waals surface area (Å²) in [6.45, 7) is 4.22. The first-order valence-electron chi connectivity index (χ1n) is 17.1. The van der Waals surface area contributed by atoms with Crippen LogP contribution in [0.3, 0.4) is 0 Å². The highest BCUT2D eigenvalue weighted by Crippen LogP contribution is 2.15. The fourth-order valence-corrected chi connectivity index (χ4v) is 5.00. The number of unbranched alkanes of at least 4 members (excludes halogenated alkanes) is 21. The lowest BCUT2D eigenvalue weighted by atomic mass is 10.0. The summed E-state index contributed by atoms with van der Waals surface area (Å²) >= 11 is 0. The molecule has 39 heavy (non-hydrogen) atoms. The van der Waals surface area contributed by atoms with Gasteiger partial charge >= 0.3 is 0 Å². The third-order valence-corrected chi connectivity index (χ3v) is 7.69. The molecule has 0 heterocycles. The van der Waals surface area contributed by atoms with Crippen molar-refractivity contribution in [1.29, 1.82) is 0 Å². The fourth-order valence-electron chi connectivity index (χ4n) is 5.00. The Bertz CT molecular complexity index is 560. The highest BCUT2D eigenvalue weighted by atomic mass is 16.3. The van der Waals surface area contributed by atoms with Crippen molar-refractivity contribution in [2.45, 2.75) is 187 Å². The number of nitrogens with one attached hydrogen (secondary N) is 1. The largest absolute Gasteiger partial charge is 0.394 e. The number of carbonyl (C=O) groups excluding carboxylic acids is 1. The predicted molar refractivity (Wildman–Crippen MR) is 170 cm³/mol. The minimum absolute atomic E-state index is 0.0765. The summed E-state index contributed by atoms with van der Waals surface area (Å²) in [7, 11) is 0. The summed E-state index contributed by atoms with van der Waals surface area (Å²) in [6.07, 6.45) is 38.4. The van der Waals surface area contributed by atoms with Crippen molar-refractivity contribution in [2.24, 2.45) is 0 Å². The SMILES string of the molecule is CCCC/C=C/CC/C=C/C(O)C(CO)NC(=O)CCCCCCCCCCCCCCCCCCCCC. The van der Waals surface area contributed by atoms with Crippen LogP contribution in [-0.4, -0.2) is 34.9 Å². The summed E-state index contributed by atoms with van der Waals surface area (Å²) in [5, 5.41) is 22.7. The molecule has 0 saturated carbocycles. The van der Waals surface area contributed by atoms with Crippen LogP contribution in [0.2, 0.25) is 0 Å². The molecule has 4 nitrogen and oxygen atoms in total. The molecule has 0 spiro atoms. The fraction of sp³-hybridized carbons (Fsp3) is 0.857. The normalized spacial score (nSPS) is 13.4. The Hall–Kier alpha value is -1.13. The number of aliphatic hydroxyl groups excluding tert-OH is 2. The maximum Gasteiger partial charge on any atom is 0.220 e. The molecule has 230 valence electrons. The minimum atomic E-state index is -0.854. The first-order chi connectivity index (χ1) is 19.2. The molecule has 0 aromatic carbocycles. The van der Waals surface area contributed by atoms with Gasteiger partial charge in [0.15, 0.2) is 0 Å². The average molecular weight is 550 g/mol. The summed E-state index contributed by atoms with van der Waals surface area (Å²) in [5.41, 5.74) is 0. The maximum atomic E-state index is 12.2. The van der Waals surface area contributed by atoms with E-state index >= 15 is 0 Å². The molecule has 0 fully saturated rings. The quantitative estimate of drug-likeness (QED) is 0.0617. The van der Waals surface area contributed by atoms with Crippen molar-refractivity contribution >= 4 is 5.91 Å². The molecule has 2 atom stereocenters. The summed E-state index contributed by atoms with van der Waals surface area (Å²) < 4.78 is 0. The molecule has 3 N–H and O–H groups in total. The van der Waals surface area contributed by atoms with E-state index in [1.165, 1.54) is 122 Å². The Balaban J connectivity index is 3.54. The molecule has 0 aliphatic heterocycles. The van der Waals surface area contributed by atoms with Crippen LogP contribution in [0.25, 0.3) is 0 Å². The first kappa shape index (κ1) is 37.9. The van der Waals surface area contributed by atoms with Crippen molar-refractivity contribution < 1.29 is 15.0 Å². The number of aliphatic hydroxyl groups is 2. The summed E-state index contributed by atoms with van der Waals surface area (Å²) in [5.74, 6) is -0.0765. The zero-order valence-corrected chi connectivity index (χ0v) is 26.2. The van der Waals surface area contributed by atoms with E-state index in [0.717, 1.165) is 32.1 Å². The summed E-state index contributed by atoms with van der Waals surface area (Å²) in [4.78, 5) is 12.2. The van der Waals surface area contributed by atoms with Crippen LogP contribution in [0, 0.1) is 0 Å². The monoisotopic (exact) mass is 550 g/mol. The second kappa shape index (κ2) is 31.4. The smallest absolute Gasteiger partial charge is 0.220 e. The second-order valence-electron chi connectivity index (χ2n) is 11.6. The van der Waals surface area contributed by atoms with Gasteiger partial charge in [0, 0.05) is 6.42 Å². The molecular weight excluding hydrogens is 482 g/mol. The van der Waals surface area contributed by atoms with Crippen LogP contribution >= 0.6 is 0 Å². The van der Waals surface area contributed by atoms with Crippen molar-refractivity contribution in [2.75, 3.05) is 6.61 Å². The second-order valence-corrected chi connectivity index (χ2v) is 11.6. The number of rotatable bonds is 30. The molecule has 0 aliphatic carbocycles. The van der Waals surface area contributed by atoms with E-state index in [9.17, 15) is 15.0 Å². The van der Waals surface area contributed by atoms with Crippen LogP contribution in [0.15, 0.2) is 24.3 Å². The van der Waals surface area contributed by atoms with Gasteiger partial charge < -0.3 is 15.5 Å². The Labute approximate surface area is 243 Å². The van der Waals surface area contributed by atoms with E-state index in [0.29, 0.717) is 6.42 Å². The van der Waals surface area contributed by atoms with Crippen LogP contribution in [-0.2, 0) is 4.79 Å². The van der Waals surface area contributed by atoms with Gasteiger partial charge in [-0.3, -0.25) is 4.79 Å². The molecule has 0 aromatic heterocycles. The molecule has 0 aliphatic rings. The topological polar surface area (TPSA) is 69.6 Å². The van der Waals surface area contributed by atoms with Gasteiger partial charge in [0.25, 0.3) is 0 Å². The lowest BCUT2D eigenvalue weighted by molar-refractivity contribution is -0.123. The molecule has 0 bridgehead atoms. The molecule has 4 heteroatoms. The number of hydrogen-bond acceptors (Lipinski definition) is 3. The van der Waals surface area contributed by atoms with Gasteiger partial charge in [-0.05, 0) is 25.7 Å². The zero-order chi connectivity index (χ0) is 28.7. The van der Waals surface area contributed by atoms with Gasteiger partial charge in [-0.1, -0.05) is 167 Å². The minimum Gasteiger partial charge on any atom is -0.394 e. The van der Waals surface area contributed by atoms with Crippen molar-refractivity contribution in [1.82, 2.24) is 5.32 Å². The molecule has 0 saturated heterocycles. The van der Waals surface area contributed by atoms with Gasteiger partial charge in [-0.2, -0.15) is 0 Å². The van der Waals surface area contributed by atoms with Crippen molar-refractivity contribution in [3.05, 3.63) is 24.3 Å². The highest BCUT2D eigenvalue weighted by molar-refractivity contribution is 5.76. The molecule has 1 amide bonds. The van der Waals surface area contributed by atoms with Gasteiger partial charge in [0.05, 0.1) is 18.8 Å². The van der Waals surface area contributed by atoms with E-state index in [-0.39, 0.29) is 12.5 Å². The highest BCUT2D eigenvalue weighted by Gasteiger charge is 2.17. The third kappa shape index (κ3) is 28.2. The molecular formula is C35H67NO3. The van der Waals surface area contributed by atoms with Crippen LogP contribution < -0.4 is 5.32 Å². The van der Waals surface area contributed by atoms with Gasteiger partial charge in [-0.25, -0.2) is 0 Å². The molecule has 0 aromatic rings. The van der Waals surface area contributed by atoms with E-state index in [4.69, 9.17) is 0 Å². The number of carbonyl (C=O) groups is 1. The van der Waals surface area contributed by atoms with Crippen molar-refractivity contribution in [3.63, 3.8) is 0 Å². The number of amides is 1. The van der Waals surface area contributed by atoms with Crippen LogP contribution in [0.5, 0.6) is 0 Å². The van der Waals surface area contributed by atoms with E-state index in [1.54, 1.807) is 6.08 Å². The average Bonchev–Trinajstić information content (AvgIpc) is 2.94. The van der Waals surface area contributed by atoms with Crippen molar-refractivity contribution in [3.8, 4) is 0 Å². The molecule has 0 rings (SSSR count). The first-order valence-corrected chi connectivity index (χ1v) is 17.1. The zero-order valence-electron chi connectivity index (χ0n) is 26.2. The predicted octanol–water partition coefficient (Wildman–Crippen LogP) is 9.73. The lowest BCUT2D eigenvalue weighted by Crippen LogP contribution is -2.45. The third-order valence-electron chi connectivity index (χ3n) is 7.69. The summed E-state index contributed by atoms with van der Waals surface area (Å²) in [6, 6.07) is -0.630. The van der Waals surface area contributed by atoms with E-state index in [1.807, 2.05) is 6.08 Å². The Morgan fingerprint density at radius 3 is 1.46 bits per heavy atom. The number of hydrogen-bond donors (Lipinski definition) is 3. The van der Waals surface area contributed by atoms with Gasteiger partial charge in [0.2, 0.25) is 5.91 Å². The molecule has 0 radical (unpaired) electrons. The van der Waals surface area contributed by atoms with Gasteiger partial charge in [-0.15, -0.1) is 0 Å². The maximum absolute atomic E-state index is 12.2.